The Balaban J connectivity index is 2.05. The zero-order valence-electron chi connectivity index (χ0n) is 13.1. The molecule has 25 heavy (non-hydrogen) atoms. The van der Waals surface area contributed by atoms with Crippen LogP contribution in [-0.2, 0) is 0 Å². The molecule has 0 aliphatic carbocycles. The van der Waals surface area contributed by atoms with E-state index in [2.05, 4.69) is 21.0 Å². The molecular weight excluding hydrogens is 400 g/mol. The SMILES string of the molecule is CC(F)(F)C(c1ccc(F)cc1)n1cc(-c2cccc(Br)c2F)cn1. The van der Waals surface area contributed by atoms with Gasteiger partial charge in [0.2, 0.25) is 0 Å². The lowest BCUT2D eigenvalue weighted by atomic mass is 10.0. The van der Waals surface area contributed by atoms with E-state index < -0.39 is 23.6 Å². The summed E-state index contributed by atoms with van der Waals surface area (Å²) >= 11 is 3.10. The molecule has 0 amide bonds. The molecule has 0 saturated heterocycles. The molecule has 2 nitrogen and oxygen atoms in total. The Morgan fingerprint density at radius 1 is 1.08 bits per heavy atom. The molecule has 7 heteroatoms. The lowest BCUT2D eigenvalue weighted by Gasteiger charge is -2.24. The number of rotatable bonds is 4. The Hall–Kier alpha value is -2.15. The summed E-state index contributed by atoms with van der Waals surface area (Å²) in [6.07, 6.45) is 2.68. The number of aromatic nitrogens is 2. The van der Waals surface area contributed by atoms with Gasteiger partial charge < -0.3 is 0 Å². The third kappa shape index (κ3) is 3.61. The molecule has 0 fully saturated rings. The van der Waals surface area contributed by atoms with Crippen LogP contribution in [0.2, 0.25) is 0 Å². The Labute approximate surface area is 150 Å². The van der Waals surface area contributed by atoms with Crippen molar-refractivity contribution >= 4 is 15.9 Å². The maximum absolute atomic E-state index is 14.2. The first-order valence-corrected chi connectivity index (χ1v) is 8.18. The molecule has 0 bridgehead atoms. The van der Waals surface area contributed by atoms with Crippen molar-refractivity contribution < 1.29 is 17.6 Å². The molecule has 0 radical (unpaired) electrons. The molecule has 0 saturated carbocycles. The third-order valence-corrected chi connectivity index (χ3v) is 4.41. The van der Waals surface area contributed by atoms with E-state index in [9.17, 15) is 17.6 Å². The molecule has 1 heterocycles. The quantitative estimate of drug-likeness (QED) is 0.492. The van der Waals surface area contributed by atoms with E-state index in [0.29, 0.717) is 5.56 Å². The monoisotopic (exact) mass is 412 g/mol. The predicted molar refractivity (Wildman–Crippen MR) is 90.5 cm³/mol. The van der Waals surface area contributed by atoms with E-state index in [1.165, 1.54) is 24.5 Å². The molecule has 3 rings (SSSR count). The highest BCUT2D eigenvalue weighted by Crippen LogP contribution is 2.36. The highest BCUT2D eigenvalue weighted by atomic mass is 79.9. The van der Waals surface area contributed by atoms with Gasteiger partial charge in [-0.1, -0.05) is 24.3 Å². The van der Waals surface area contributed by atoms with Crippen LogP contribution in [0.15, 0.2) is 59.3 Å². The summed E-state index contributed by atoms with van der Waals surface area (Å²) in [4.78, 5) is 0. The van der Waals surface area contributed by atoms with Crippen LogP contribution in [0, 0.1) is 11.6 Å². The Morgan fingerprint density at radius 3 is 2.40 bits per heavy atom. The number of hydrogen-bond donors (Lipinski definition) is 0. The fourth-order valence-corrected chi connectivity index (χ4v) is 3.03. The zero-order valence-corrected chi connectivity index (χ0v) is 14.6. The van der Waals surface area contributed by atoms with Crippen molar-refractivity contribution in [2.24, 2.45) is 0 Å². The molecule has 130 valence electrons. The summed E-state index contributed by atoms with van der Waals surface area (Å²) < 4.78 is 57.0. The van der Waals surface area contributed by atoms with Gasteiger partial charge in [0.1, 0.15) is 17.7 Å². The van der Waals surface area contributed by atoms with E-state index in [0.717, 1.165) is 23.7 Å². The van der Waals surface area contributed by atoms with Crippen LogP contribution in [-0.4, -0.2) is 15.7 Å². The van der Waals surface area contributed by atoms with Gasteiger partial charge >= 0.3 is 0 Å². The Morgan fingerprint density at radius 2 is 1.76 bits per heavy atom. The standard InChI is InChI=1S/C18H13BrF4N2/c1-18(22,23)17(11-5-7-13(20)8-6-11)25-10-12(9-24-25)14-3-2-4-15(19)16(14)21/h2-10,17H,1H3. The van der Waals surface area contributed by atoms with Gasteiger partial charge in [0.25, 0.3) is 5.92 Å². The van der Waals surface area contributed by atoms with Crippen LogP contribution in [0.3, 0.4) is 0 Å². The summed E-state index contributed by atoms with van der Waals surface area (Å²) in [7, 11) is 0. The van der Waals surface area contributed by atoms with Crippen LogP contribution in [0.25, 0.3) is 11.1 Å². The molecule has 1 atom stereocenters. The van der Waals surface area contributed by atoms with Crippen molar-refractivity contribution in [3.8, 4) is 11.1 Å². The molecule has 2 aromatic carbocycles. The molecule has 1 unspecified atom stereocenters. The Kier molecular flexibility index (Phi) is 4.69. The molecule has 1 aromatic heterocycles. The first kappa shape index (κ1) is 17.7. The molecule has 0 aliphatic heterocycles. The average Bonchev–Trinajstić information content (AvgIpc) is 3.00. The minimum absolute atomic E-state index is 0.207. The lowest BCUT2D eigenvalue weighted by Crippen LogP contribution is -2.29. The minimum Gasteiger partial charge on any atom is -0.258 e. The van der Waals surface area contributed by atoms with Gasteiger partial charge in [-0.2, -0.15) is 5.10 Å². The summed E-state index contributed by atoms with van der Waals surface area (Å²) in [6, 6.07) is 8.11. The number of halogens is 5. The molecule has 0 N–H and O–H groups in total. The van der Waals surface area contributed by atoms with Crippen molar-refractivity contribution in [1.29, 1.82) is 0 Å². The van der Waals surface area contributed by atoms with Crippen LogP contribution < -0.4 is 0 Å². The zero-order chi connectivity index (χ0) is 18.2. The molecule has 0 aliphatic rings. The van der Waals surface area contributed by atoms with Gasteiger partial charge in [-0.25, -0.2) is 17.6 Å². The summed E-state index contributed by atoms with van der Waals surface area (Å²) in [5.41, 5.74) is 0.825. The van der Waals surface area contributed by atoms with Crippen LogP contribution >= 0.6 is 15.9 Å². The third-order valence-electron chi connectivity index (χ3n) is 3.79. The van der Waals surface area contributed by atoms with Gasteiger partial charge in [0.05, 0.1) is 10.7 Å². The van der Waals surface area contributed by atoms with Gasteiger partial charge in [0, 0.05) is 24.2 Å². The Bertz CT molecular complexity index is 885. The van der Waals surface area contributed by atoms with Crippen LogP contribution in [0.4, 0.5) is 17.6 Å². The van der Waals surface area contributed by atoms with Crippen molar-refractivity contribution in [3.63, 3.8) is 0 Å². The fourth-order valence-electron chi connectivity index (χ4n) is 2.67. The number of hydrogen-bond acceptors (Lipinski definition) is 1. The number of benzene rings is 2. The van der Waals surface area contributed by atoms with Crippen molar-refractivity contribution in [3.05, 3.63) is 76.5 Å². The highest BCUT2D eigenvalue weighted by molar-refractivity contribution is 9.10. The summed E-state index contributed by atoms with van der Waals surface area (Å²) in [5.74, 6) is -4.17. The predicted octanol–water partition coefficient (Wildman–Crippen LogP) is 5.84. The average molecular weight is 413 g/mol. The van der Waals surface area contributed by atoms with Gasteiger partial charge in [-0.05, 0) is 39.7 Å². The molecule has 0 spiro atoms. The van der Waals surface area contributed by atoms with E-state index in [4.69, 9.17) is 0 Å². The van der Waals surface area contributed by atoms with Crippen LogP contribution in [0.5, 0.6) is 0 Å². The van der Waals surface area contributed by atoms with E-state index in [-0.39, 0.29) is 15.6 Å². The second kappa shape index (κ2) is 6.63. The number of alkyl halides is 2. The maximum Gasteiger partial charge on any atom is 0.271 e. The van der Waals surface area contributed by atoms with Crippen LogP contribution in [0.1, 0.15) is 18.5 Å². The maximum atomic E-state index is 14.2. The van der Waals surface area contributed by atoms with Gasteiger partial charge in [0.15, 0.2) is 0 Å². The number of nitrogens with zero attached hydrogens (tertiary/aromatic N) is 2. The topological polar surface area (TPSA) is 17.8 Å². The lowest BCUT2D eigenvalue weighted by molar-refractivity contribution is -0.0217. The van der Waals surface area contributed by atoms with Crippen molar-refractivity contribution in [1.82, 2.24) is 9.78 Å². The molecule has 3 aromatic rings. The van der Waals surface area contributed by atoms with E-state index in [1.54, 1.807) is 18.2 Å². The van der Waals surface area contributed by atoms with Crippen molar-refractivity contribution in [2.45, 2.75) is 18.9 Å². The highest BCUT2D eigenvalue weighted by Gasteiger charge is 2.37. The van der Waals surface area contributed by atoms with Gasteiger partial charge in [-0.15, -0.1) is 0 Å². The first-order valence-electron chi connectivity index (χ1n) is 7.39. The summed E-state index contributed by atoms with van der Waals surface area (Å²) in [6.45, 7) is 0.766. The second-order valence-corrected chi connectivity index (χ2v) is 6.58. The van der Waals surface area contributed by atoms with E-state index in [1.807, 2.05) is 0 Å². The molecular formula is C18H13BrF4N2. The largest absolute Gasteiger partial charge is 0.271 e. The fraction of sp³-hybridized carbons (Fsp3) is 0.167. The second-order valence-electron chi connectivity index (χ2n) is 5.72. The summed E-state index contributed by atoms with van der Waals surface area (Å²) in [5, 5.41) is 3.99. The van der Waals surface area contributed by atoms with Crippen molar-refractivity contribution in [2.75, 3.05) is 0 Å². The van der Waals surface area contributed by atoms with E-state index >= 15 is 0 Å². The minimum atomic E-state index is -3.16. The first-order chi connectivity index (χ1) is 11.8. The normalized spacial score (nSPS) is 13.0. The smallest absolute Gasteiger partial charge is 0.258 e. The van der Waals surface area contributed by atoms with Gasteiger partial charge in [-0.3, -0.25) is 4.68 Å².